The fourth-order valence-corrected chi connectivity index (χ4v) is 4.26. The number of hydrogen-bond donors (Lipinski definition) is 0. The normalized spacial score (nSPS) is 23.2. The number of likely N-dealkylation sites (tertiary alicyclic amines) is 1. The number of amides is 2. The molecule has 0 saturated carbocycles. The summed E-state index contributed by atoms with van der Waals surface area (Å²) in [6.07, 6.45) is 1.84. The molecule has 0 aromatic heterocycles. The lowest BCUT2D eigenvalue weighted by atomic mass is 9.94. The third kappa shape index (κ3) is 6.00. The average Bonchev–Trinajstić information content (AvgIpc) is 2.69. The van der Waals surface area contributed by atoms with Crippen molar-refractivity contribution >= 4 is 35.0 Å². The molecule has 2 aliphatic rings. The molecule has 0 spiro atoms. The van der Waals surface area contributed by atoms with Gasteiger partial charge in [0.1, 0.15) is 5.75 Å². The summed E-state index contributed by atoms with van der Waals surface area (Å²) >= 11 is 11.8. The van der Waals surface area contributed by atoms with E-state index in [1.54, 1.807) is 18.2 Å². The number of morpholine rings is 1. The van der Waals surface area contributed by atoms with Gasteiger partial charge in [-0.2, -0.15) is 0 Å². The molecular weight excluding hydrogens is 415 g/mol. The predicted molar refractivity (Wildman–Crippen MR) is 112 cm³/mol. The lowest BCUT2D eigenvalue weighted by Gasteiger charge is -2.39. The van der Waals surface area contributed by atoms with E-state index in [2.05, 4.69) is 0 Å². The Bertz CT molecular complexity index is 727. The van der Waals surface area contributed by atoms with Crippen LogP contribution in [0.2, 0.25) is 10.0 Å². The molecule has 2 heterocycles. The van der Waals surface area contributed by atoms with Gasteiger partial charge in [-0.25, -0.2) is 0 Å². The summed E-state index contributed by atoms with van der Waals surface area (Å²) in [5.41, 5.74) is 0. The monoisotopic (exact) mass is 442 g/mol. The van der Waals surface area contributed by atoms with Crippen LogP contribution in [0.1, 0.15) is 33.1 Å². The van der Waals surface area contributed by atoms with Crippen molar-refractivity contribution in [2.24, 2.45) is 5.92 Å². The number of hydrogen-bond acceptors (Lipinski definition) is 4. The first-order chi connectivity index (χ1) is 13.8. The summed E-state index contributed by atoms with van der Waals surface area (Å²) < 4.78 is 11.3. The van der Waals surface area contributed by atoms with E-state index in [0.29, 0.717) is 54.8 Å². The molecule has 3 rings (SSSR count). The molecule has 2 saturated heterocycles. The van der Waals surface area contributed by atoms with E-state index in [1.165, 1.54) is 0 Å². The molecule has 2 amide bonds. The van der Waals surface area contributed by atoms with E-state index in [4.69, 9.17) is 32.7 Å². The van der Waals surface area contributed by atoms with Gasteiger partial charge in [0.2, 0.25) is 11.8 Å². The topological polar surface area (TPSA) is 59.1 Å². The molecule has 29 heavy (non-hydrogen) atoms. The van der Waals surface area contributed by atoms with E-state index >= 15 is 0 Å². The molecule has 2 fully saturated rings. The minimum atomic E-state index is -0.0102. The van der Waals surface area contributed by atoms with Crippen LogP contribution in [0, 0.1) is 5.92 Å². The lowest BCUT2D eigenvalue weighted by Crippen LogP contribution is -2.51. The van der Waals surface area contributed by atoms with Crippen LogP contribution >= 0.6 is 23.2 Å². The molecule has 0 N–H and O–H groups in total. The molecule has 2 atom stereocenters. The Balaban J connectivity index is 1.41. The van der Waals surface area contributed by atoms with Gasteiger partial charge in [0.25, 0.3) is 0 Å². The second-order valence-electron chi connectivity index (χ2n) is 7.83. The van der Waals surface area contributed by atoms with E-state index in [-0.39, 0.29) is 43.0 Å². The summed E-state index contributed by atoms with van der Waals surface area (Å²) in [6.45, 7) is 6.78. The highest BCUT2D eigenvalue weighted by Gasteiger charge is 2.33. The first kappa shape index (κ1) is 22.2. The first-order valence-electron chi connectivity index (χ1n) is 10.1. The summed E-state index contributed by atoms with van der Waals surface area (Å²) in [4.78, 5) is 29.0. The van der Waals surface area contributed by atoms with E-state index < -0.39 is 0 Å². The molecule has 0 aliphatic carbocycles. The van der Waals surface area contributed by atoms with Crippen molar-refractivity contribution in [2.75, 3.05) is 32.8 Å². The molecule has 2 aliphatic heterocycles. The highest BCUT2D eigenvalue weighted by atomic mass is 35.5. The predicted octanol–water partition coefficient (Wildman–Crippen LogP) is 3.64. The summed E-state index contributed by atoms with van der Waals surface area (Å²) in [6, 6.07) is 5.03. The number of benzene rings is 1. The second kappa shape index (κ2) is 10.0. The third-order valence-electron chi connectivity index (χ3n) is 5.40. The molecule has 0 radical (unpaired) electrons. The number of rotatable bonds is 5. The van der Waals surface area contributed by atoms with Crippen molar-refractivity contribution in [1.82, 2.24) is 9.80 Å². The Morgan fingerprint density at radius 2 is 1.72 bits per heavy atom. The average molecular weight is 443 g/mol. The Hall–Kier alpha value is -1.50. The van der Waals surface area contributed by atoms with Gasteiger partial charge >= 0.3 is 0 Å². The zero-order chi connectivity index (χ0) is 21.0. The maximum atomic E-state index is 12.8. The number of carbonyl (C=O) groups excluding carboxylic acids is 2. The van der Waals surface area contributed by atoms with Crippen molar-refractivity contribution in [2.45, 2.75) is 45.3 Å². The Morgan fingerprint density at radius 3 is 2.34 bits per heavy atom. The zero-order valence-electron chi connectivity index (χ0n) is 16.9. The zero-order valence-corrected chi connectivity index (χ0v) is 18.4. The molecule has 2 unspecified atom stereocenters. The SMILES string of the molecule is CC1CN(C(=O)C2CCN(C(=O)CCOc3ccc(Cl)c(Cl)c3)CC2)CC(C)O1. The van der Waals surface area contributed by atoms with Gasteiger partial charge in [0.05, 0.1) is 35.3 Å². The van der Waals surface area contributed by atoms with Gasteiger partial charge in [-0.1, -0.05) is 23.2 Å². The van der Waals surface area contributed by atoms with Crippen molar-refractivity contribution < 1.29 is 19.1 Å². The standard InChI is InChI=1S/C21H28Cl2N2O4/c1-14-12-25(13-15(2)29-14)21(27)16-5-8-24(9-6-16)20(26)7-10-28-17-3-4-18(22)19(23)11-17/h3-4,11,14-16H,5-10,12-13H2,1-2H3. The van der Waals surface area contributed by atoms with Crippen LogP contribution in [-0.2, 0) is 14.3 Å². The number of halogens is 2. The van der Waals surface area contributed by atoms with Crippen LogP contribution in [0.15, 0.2) is 18.2 Å². The van der Waals surface area contributed by atoms with Crippen LogP contribution in [0.3, 0.4) is 0 Å². The highest BCUT2D eigenvalue weighted by Crippen LogP contribution is 2.26. The van der Waals surface area contributed by atoms with E-state index in [9.17, 15) is 9.59 Å². The van der Waals surface area contributed by atoms with E-state index in [0.717, 1.165) is 0 Å². The fourth-order valence-electron chi connectivity index (χ4n) is 3.97. The molecule has 0 bridgehead atoms. The smallest absolute Gasteiger partial charge is 0.225 e. The molecule has 8 heteroatoms. The molecular formula is C21H28Cl2N2O4. The minimum absolute atomic E-state index is 0.0102. The van der Waals surface area contributed by atoms with Gasteiger partial charge in [-0.3, -0.25) is 9.59 Å². The molecule has 1 aromatic rings. The third-order valence-corrected chi connectivity index (χ3v) is 6.14. The van der Waals surface area contributed by atoms with Gasteiger partial charge in [-0.05, 0) is 38.8 Å². The second-order valence-corrected chi connectivity index (χ2v) is 8.64. The molecule has 1 aromatic carbocycles. The van der Waals surface area contributed by atoms with Crippen LogP contribution < -0.4 is 4.74 Å². The van der Waals surface area contributed by atoms with Crippen molar-refractivity contribution in [3.05, 3.63) is 28.2 Å². The van der Waals surface area contributed by atoms with Gasteiger partial charge in [-0.15, -0.1) is 0 Å². The fraction of sp³-hybridized carbons (Fsp3) is 0.619. The maximum absolute atomic E-state index is 12.8. The molecule has 6 nitrogen and oxygen atoms in total. The minimum Gasteiger partial charge on any atom is -0.493 e. The van der Waals surface area contributed by atoms with Crippen molar-refractivity contribution in [1.29, 1.82) is 0 Å². The van der Waals surface area contributed by atoms with Crippen LogP contribution in [0.5, 0.6) is 5.75 Å². The summed E-state index contributed by atoms with van der Waals surface area (Å²) in [5.74, 6) is 0.820. The maximum Gasteiger partial charge on any atom is 0.225 e. The largest absolute Gasteiger partial charge is 0.493 e. The van der Waals surface area contributed by atoms with Crippen LogP contribution in [-0.4, -0.2) is 66.6 Å². The number of ether oxygens (including phenoxy) is 2. The summed E-state index contributed by atoms with van der Waals surface area (Å²) in [5, 5.41) is 0.889. The van der Waals surface area contributed by atoms with E-state index in [1.807, 2.05) is 23.6 Å². The number of nitrogens with zero attached hydrogens (tertiary/aromatic N) is 2. The van der Waals surface area contributed by atoms with Gasteiger partial charge in [0.15, 0.2) is 0 Å². The van der Waals surface area contributed by atoms with Crippen LogP contribution in [0.25, 0.3) is 0 Å². The van der Waals surface area contributed by atoms with Gasteiger partial charge < -0.3 is 19.3 Å². The lowest BCUT2D eigenvalue weighted by molar-refractivity contribution is -0.150. The highest BCUT2D eigenvalue weighted by molar-refractivity contribution is 6.42. The quantitative estimate of drug-likeness (QED) is 0.698. The van der Waals surface area contributed by atoms with Gasteiger partial charge in [0, 0.05) is 38.2 Å². The first-order valence-corrected chi connectivity index (χ1v) is 10.9. The number of carbonyl (C=O) groups is 2. The summed E-state index contributed by atoms with van der Waals surface area (Å²) in [7, 11) is 0. The number of piperidine rings is 1. The Morgan fingerprint density at radius 1 is 1.07 bits per heavy atom. The Labute approximate surface area is 182 Å². The van der Waals surface area contributed by atoms with Crippen molar-refractivity contribution in [3.63, 3.8) is 0 Å². The van der Waals surface area contributed by atoms with Crippen LogP contribution in [0.4, 0.5) is 0 Å². The molecule has 160 valence electrons. The Kier molecular flexibility index (Phi) is 7.66. The van der Waals surface area contributed by atoms with Crippen molar-refractivity contribution in [3.8, 4) is 5.75 Å².